The molecule has 1 aromatic carbocycles. The second kappa shape index (κ2) is 6.14. The predicted molar refractivity (Wildman–Crippen MR) is 92.8 cm³/mol. The van der Waals surface area contributed by atoms with Gasteiger partial charge in [-0.05, 0) is 37.1 Å². The maximum Gasteiger partial charge on any atom is 0.346 e. The summed E-state index contributed by atoms with van der Waals surface area (Å²) in [5.41, 5.74) is 0.859. The van der Waals surface area contributed by atoms with Crippen molar-refractivity contribution >= 4 is 33.5 Å². The normalized spacial score (nSPS) is 11.0. The van der Waals surface area contributed by atoms with Gasteiger partial charge in [0.05, 0.1) is 17.5 Å². The zero-order valence-electron chi connectivity index (χ0n) is 13.4. The molecule has 128 valence electrons. The van der Waals surface area contributed by atoms with Gasteiger partial charge in [-0.15, -0.1) is 11.3 Å². The minimum atomic E-state index is -1.08. The molecule has 25 heavy (non-hydrogen) atoms. The number of carbonyl (C=O) groups is 2. The van der Waals surface area contributed by atoms with Gasteiger partial charge in [0, 0.05) is 0 Å². The van der Waals surface area contributed by atoms with Crippen LogP contribution in [-0.4, -0.2) is 31.7 Å². The summed E-state index contributed by atoms with van der Waals surface area (Å²) < 4.78 is 1.43. The topological polar surface area (TPSA) is 109 Å². The summed E-state index contributed by atoms with van der Waals surface area (Å²) >= 11 is 0.980. The Morgan fingerprint density at radius 2 is 1.92 bits per heavy atom. The average molecular weight is 358 g/mol. The minimum Gasteiger partial charge on any atom is -0.478 e. The molecule has 2 aromatic heterocycles. The summed E-state index contributed by atoms with van der Waals surface area (Å²) in [5.74, 6) is -1.69. The molecule has 7 nitrogen and oxygen atoms in total. The van der Waals surface area contributed by atoms with Gasteiger partial charge in [0.1, 0.15) is 15.5 Å². The standard InChI is InChI=1S/C17H14N2O5S/c1-8-12-14(25-13(8)17(23)24)18-9(2)19(15(12)20)7-10-4-3-5-11(6-10)16(21)22/h3-6H,7H2,1-2H3,(H,21,22)(H,23,24). The molecule has 0 fully saturated rings. The number of aromatic nitrogens is 2. The zero-order valence-corrected chi connectivity index (χ0v) is 14.3. The van der Waals surface area contributed by atoms with Crippen molar-refractivity contribution < 1.29 is 19.8 Å². The lowest BCUT2D eigenvalue weighted by Crippen LogP contribution is -2.24. The lowest BCUT2D eigenvalue weighted by atomic mass is 10.1. The van der Waals surface area contributed by atoms with Gasteiger partial charge in [0.2, 0.25) is 0 Å². The number of thiophene rings is 1. The van der Waals surface area contributed by atoms with Crippen LogP contribution in [0.15, 0.2) is 29.1 Å². The molecule has 2 heterocycles. The van der Waals surface area contributed by atoms with Crippen molar-refractivity contribution in [3.8, 4) is 0 Å². The molecule has 0 aliphatic rings. The van der Waals surface area contributed by atoms with Gasteiger partial charge in [0.15, 0.2) is 0 Å². The summed E-state index contributed by atoms with van der Waals surface area (Å²) in [5, 5.41) is 18.6. The highest BCUT2D eigenvalue weighted by atomic mass is 32.1. The number of benzene rings is 1. The number of fused-ring (bicyclic) bond motifs is 1. The van der Waals surface area contributed by atoms with Crippen LogP contribution in [0.2, 0.25) is 0 Å². The molecule has 0 unspecified atom stereocenters. The molecule has 0 atom stereocenters. The van der Waals surface area contributed by atoms with E-state index in [2.05, 4.69) is 4.98 Å². The molecule has 0 amide bonds. The Bertz CT molecular complexity index is 1080. The van der Waals surface area contributed by atoms with Crippen molar-refractivity contribution in [2.45, 2.75) is 20.4 Å². The van der Waals surface area contributed by atoms with E-state index < -0.39 is 11.9 Å². The van der Waals surface area contributed by atoms with Crippen LogP contribution in [-0.2, 0) is 6.54 Å². The van der Waals surface area contributed by atoms with E-state index in [0.717, 1.165) is 11.3 Å². The zero-order chi connectivity index (χ0) is 18.3. The molecule has 0 aliphatic carbocycles. The molecule has 8 heteroatoms. The SMILES string of the molecule is Cc1c(C(=O)O)sc2nc(C)n(Cc3cccc(C(=O)O)c3)c(=O)c12. The van der Waals surface area contributed by atoms with Gasteiger partial charge in [-0.25, -0.2) is 14.6 Å². The second-order valence-corrected chi connectivity index (χ2v) is 6.60. The molecule has 0 saturated heterocycles. The second-order valence-electron chi connectivity index (χ2n) is 5.60. The first-order chi connectivity index (χ1) is 11.8. The number of rotatable bonds is 4. The van der Waals surface area contributed by atoms with Gasteiger partial charge in [-0.1, -0.05) is 12.1 Å². The van der Waals surface area contributed by atoms with Crippen LogP contribution in [0.1, 0.15) is 37.0 Å². The van der Waals surface area contributed by atoms with Gasteiger partial charge in [-0.2, -0.15) is 0 Å². The Morgan fingerprint density at radius 3 is 2.56 bits per heavy atom. The molecule has 3 rings (SSSR count). The van der Waals surface area contributed by atoms with Gasteiger partial charge >= 0.3 is 11.9 Å². The number of carboxylic acids is 2. The average Bonchev–Trinajstić information content (AvgIpc) is 2.88. The van der Waals surface area contributed by atoms with Gasteiger partial charge < -0.3 is 10.2 Å². The van der Waals surface area contributed by atoms with E-state index in [1.165, 1.54) is 16.7 Å². The van der Waals surface area contributed by atoms with E-state index in [9.17, 15) is 19.5 Å². The fourth-order valence-electron chi connectivity index (χ4n) is 2.69. The molecule has 0 saturated carbocycles. The third-order valence-corrected chi connectivity index (χ3v) is 5.12. The van der Waals surface area contributed by atoms with Crippen LogP contribution in [0.25, 0.3) is 10.2 Å². The monoisotopic (exact) mass is 358 g/mol. The molecule has 0 bridgehead atoms. The van der Waals surface area contributed by atoms with E-state index in [1.807, 2.05) is 0 Å². The van der Waals surface area contributed by atoms with Crippen LogP contribution in [0.4, 0.5) is 0 Å². The number of hydrogen-bond acceptors (Lipinski definition) is 5. The Labute approximate surface area is 145 Å². The van der Waals surface area contributed by atoms with Crippen molar-refractivity contribution in [2.24, 2.45) is 0 Å². The molecule has 3 aromatic rings. The maximum absolute atomic E-state index is 12.8. The van der Waals surface area contributed by atoms with Crippen LogP contribution < -0.4 is 5.56 Å². The minimum absolute atomic E-state index is 0.102. The fourth-order valence-corrected chi connectivity index (χ4v) is 3.75. The van der Waals surface area contributed by atoms with Crippen molar-refractivity contribution in [1.82, 2.24) is 9.55 Å². The highest BCUT2D eigenvalue weighted by molar-refractivity contribution is 7.20. The number of carboxylic acid groups (broad SMARTS) is 2. The number of hydrogen-bond donors (Lipinski definition) is 2. The summed E-state index contributed by atoms with van der Waals surface area (Å²) in [6.45, 7) is 3.42. The van der Waals surface area contributed by atoms with E-state index in [1.54, 1.807) is 26.0 Å². The molecule has 2 N–H and O–H groups in total. The third kappa shape index (κ3) is 2.91. The van der Waals surface area contributed by atoms with Crippen LogP contribution in [0.5, 0.6) is 0 Å². The Kier molecular flexibility index (Phi) is 4.13. The van der Waals surface area contributed by atoms with Gasteiger partial charge in [0.25, 0.3) is 5.56 Å². The smallest absolute Gasteiger partial charge is 0.346 e. The van der Waals surface area contributed by atoms with Crippen molar-refractivity contribution in [1.29, 1.82) is 0 Å². The molecule has 0 aliphatic heterocycles. The van der Waals surface area contributed by atoms with E-state index in [0.29, 0.717) is 27.2 Å². The van der Waals surface area contributed by atoms with Crippen molar-refractivity contribution in [3.63, 3.8) is 0 Å². The van der Waals surface area contributed by atoms with E-state index in [4.69, 9.17) is 5.11 Å². The predicted octanol–water partition coefficient (Wildman–Crippen LogP) is 2.52. The first-order valence-electron chi connectivity index (χ1n) is 7.35. The highest BCUT2D eigenvalue weighted by Gasteiger charge is 2.20. The van der Waals surface area contributed by atoms with Crippen molar-refractivity contribution in [2.75, 3.05) is 0 Å². The Balaban J connectivity index is 2.15. The fraction of sp³-hybridized carbons (Fsp3) is 0.176. The van der Waals surface area contributed by atoms with Crippen molar-refractivity contribution in [3.05, 3.63) is 62.0 Å². The Morgan fingerprint density at radius 1 is 1.20 bits per heavy atom. The third-order valence-electron chi connectivity index (χ3n) is 3.95. The largest absolute Gasteiger partial charge is 0.478 e. The molecular formula is C17H14N2O5S. The maximum atomic E-state index is 12.8. The first-order valence-corrected chi connectivity index (χ1v) is 8.17. The molecule has 0 radical (unpaired) electrons. The number of aryl methyl sites for hydroxylation is 2. The van der Waals surface area contributed by atoms with E-state index in [-0.39, 0.29) is 22.5 Å². The number of aromatic carboxylic acids is 2. The summed E-state index contributed by atoms with van der Waals surface area (Å²) in [6, 6.07) is 6.32. The summed E-state index contributed by atoms with van der Waals surface area (Å²) in [6.07, 6.45) is 0. The highest BCUT2D eigenvalue weighted by Crippen LogP contribution is 2.27. The first kappa shape index (κ1) is 16.8. The lowest BCUT2D eigenvalue weighted by Gasteiger charge is -2.10. The molecular weight excluding hydrogens is 344 g/mol. The quantitative estimate of drug-likeness (QED) is 0.742. The number of nitrogens with zero attached hydrogens (tertiary/aromatic N) is 2. The van der Waals surface area contributed by atoms with Crippen LogP contribution in [0, 0.1) is 13.8 Å². The summed E-state index contributed by atoms with van der Waals surface area (Å²) in [7, 11) is 0. The molecule has 0 spiro atoms. The van der Waals surface area contributed by atoms with Gasteiger partial charge in [-0.3, -0.25) is 9.36 Å². The Hall–Kier alpha value is -3.00. The van der Waals surface area contributed by atoms with E-state index >= 15 is 0 Å². The van der Waals surface area contributed by atoms with Crippen LogP contribution >= 0.6 is 11.3 Å². The summed E-state index contributed by atoms with van der Waals surface area (Å²) in [4.78, 5) is 40.1. The lowest BCUT2D eigenvalue weighted by molar-refractivity contribution is 0.0688. The van der Waals surface area contributed by atoms with Crippen LogP contribution in [0.3, 0.4) is 0 Å².